The number of fused-ring (bicyclic) bond motifs is 1. The lowest BCUT2D eigenvalue weighted by Gasteiger charge is -2.14. The molecule has 2 N–H and O–H groups in total. The second kappa shape index (κ2) is 7.04. The highest BCUT2D eigenvalue weighted by molar-refractivity contribution is 5.44. The molecule has 1 atom stereocenters. The predicted molar refractivity (Wildman–Crippen MR) is 77.1 cm³/mol. The van der Waals surface area contributed by atoms with Gasteiger partial charge in [0.15, 0.2) is 0 Å². The highest BCUT2D eigenvalue weighted by Crippen LogP contribution is 2.10. The highest BCUT2D eigenvalue weighted by atomic mass is 16.3. The molecule has 0 fully saturated rings. The summed E-state index contributed by atoms with van der Waals surface area (Å²) >= 11 is 0. The number of hydrogen-bond donors (Lipinski definition) is 2. The lowest BCUT2D eigenvalue weighted by Crippen LogP contribution is -2.23. The number of rotatable bonds is 7. The summed E-state index contributed by atoms with van der Waals surface area (Å²) in [4.78, 5) is 4.32. The molecule has 1 unspecified atom stereocenters. The van der Waals surface area contributed by atoms with Gasteiger partial charge in [0.25, 0.3) is 0 Å². The Balaban J connectivity index is 2.01. The third-order valence-corrected chi connectivity index (χ3v) is 3.57. The molecule has 0 aliphatic heterocycles. The van der Waals surface area contributed by atoms with Gasteiger partial charge in [0, 0.05) is 19.3 Å². The smallest absolute Gasteiger partial charge is 0.137 e. The van der Waals surface area contributed by atoms with Gasteiger partial charge < -0.3 is 14.8 Å². The molecule has 106 valence electrons. The summed E-state index contributed by atoms with van der Waals surface area (Å²) < 4.78 is 1.94. The second-order valence-electron chi connectivity index (χ2n) is 4.92. The van der Waals surface area contributed by atoms with Gasteiger partial charge in [-0.25, -0.2) is 4.98 Å². The first kappa shape index (κ1) is 14.5. The molecule has 2 aromatic rings. The lowest BCUT2D eigenvalue weighted by atomic mass is 10.0. The van der Waals surface area contributed by atoms with Crippen molar-refractivity contribution in [1.29, 1.82) is 5.26 Å². The van der Waals surface area contributed by atoms with Gasteiger partial charge in [-0.15, -0.1) is 0 Å². The Kier molecular flexibility index (Phi) is 5.10. The minimum absolute atomic E-state index is 0.237. The predicted octanol–water partition coefficient (Wildman–Crippen LogP) is 1.70. The Morgan fingerprint density at radius 1 is 1.50 bits per heavy atom. The number of nitriles is 1. The molecule has 0 saturated heterocycles. The van der Waals surface area contributed by atoms with Crippen molar-refractivity contribution >= 4 is 5.65 Å². The van der Waals surface area contributed by atoms with E-state index in [9.17, 15) is 0 Å². The number of hydrogen-bond acceptors (Lipinski definition) is 4. The number of aliphatic hydroxyl groups is 1. The summed E-state index contributed by atoms with van der Waals surface area (Å²) in [6.07, 6.45) is 5.52. The van der Waals surface area contributed by atoms with E-state index in [0.717, 1.165) is 30.7 Å². The zero-order chi connectivity index (χ0) is 14.4. The summed E-state index contributed by atoms with van der Waals surface area (Å²) in [5.41, 5.74) is 2.52. The molecule has 0 radical (unpaired) electrons. The fourth-order valence-electron chi connectivity index (χ4n) is 2.27. The minimum atomic E-state index is 0.237. The Hall–Kier alpha value is -1.90. The second-order valence-corrected chi connectivity index (χ2v) is 4.92. The molecule has 2 aromatic heterocycles. The van der Waals surface area contributed by atoms with Gasteiger partial charge in [-0.05, 0) is 31.0 Å². The standard InChI is InChI=1S/C15H20N4O/c1-2-12(5-6-20)8-17-9-14-10-18-15-4-3-13(7-16)11-19(14)15/h3-4,10-12,17,20H,2,5-6,8-9H2,1H3. The SMILES string of the molecule is CCC(CCO)CNCc1cnc2ccc(C#N)cn12. The van der Waals surface area contributed by atoms with Crippen LogP contribution in [-0.4, -0.2) is 27.6 Å². The van der Waals surface area contributed by atoms with E-state index in [4.69, 9.17) is 10.4 Å². The van der Waals surface area contributed by atoms with E-state index in [0.29, 0.717) is 18.0 Å². The molecule has 2 rings (SSSR count). The first-order chi connectivity index (χ1) is 9.78. The van der Waals surface area contributed by atoms with E-state index in [-0.39, 0.29) is 6.61 Å². The van der Waals surface area contributed by atoms with E-state index in [1.165, 1.54) is 0 Å². The van der Waals surface area contributed by atoms with Crippen LogP contribution in [0.3, 0.4) is 0 Å². The van der Waals surface area contributed by atoms with E-state index in [1.54, 1.807) is 6.07 Å². The number of imidazole rings is 1. The third-order valence-electron chi connectivity index (χ3n) is 3.57. The minimum Gasteiger partial charge on any atom is -0.396 e. The zero-order valence-electron chi connectivity index (χ0n) is 11.7. The summed E-state index contributed by atoms with van der Waals surface area (Å²) in [5, 5.41) is 21.3. The quantitative estimate of drug-likeness (QED) is 0.804. The molecular weight excluding hydrogens is 252 g/mol. The molecule has 0 amide bonds. The van der Waals surface area contributed by atoms with Crippen molar-refractivity contribution in [1.82, 2.24) is 14.7 Å². The van der Waals surface area contributed by atoms with Crippen molar-refractivity contribution in [2.24, 2.45) is 5.92 Å². The number of aliphatic hydroxyl groups excluding tert-OH is 1. The van der Waals surface area contributed by atoms with E-state index in [1.807, 2.05) is 22.9 Å². The summed E-state index contributed by atoms with van der Waals surface area (Å²) in [5.74, 6) is 0.494. The maximum atomic E-state index is 8.98. The normalized spacial score (nSPS) is 12.4. The molecule has 0 aliphatic carbocycles. The van der Waals surface area contributed by atoms with E-state index in [2.05, 4.69) is 23.3 Å². The van der Waals surface area contributed by atoms with Crippen LogP contribution in [0.25, 0.3) is 5.65 Å². The topological polar surface area (TPSA) is 73.3 Å². The molecule has 20 heavy (non-hydrogen) atoms. The van der Waals surface area contributed by atoms with E-state index < -0.39 is 0 Å². The first-order valence-electron chi connectivity index (χ1n) is 6.96. The van der Waals surface area contributed by atoms with Gasteiger partial charge >= 0.3 is 0 Å². The van der Waals surface area contributed by atoms with Crippen LogP contribution in [0.1, 0.15) is 31.0 Å². The van der Waals surface area contributed by atoms with Gasteiger partial charge in [-0.1, -0.05) is 13.3 Å². The fraction of sp³-hybridized carbons (Fsp3) is 0.467. The Morgan fingerprint density at radius 3 is 3.05 bits per heavy atom. The summed E-state index contributed by atoms with van der Waals surface area (Å²) in [6, 6.07) is 5.76. The van der Waals surface area contributed by atoms with Crippen LogP contribution < -0.4 is 5.32 Å². The molecule has 0 aliphatic rings. The van der Waals surface area contributed by atoms with Gasteiger partial charge in [-0.2, -0.15) is 5.26 Å². The van der Waals surface area contributed by atoms with Crippen LogP contribution >= 0.6 is 0 Å². The number of nitrogens with one attached hydrogen (secondary N) is 1. The molecule has 5 nitrogen and oxygen atoms in total. The van der Waals surface area contributed by atoms with Crippen molar-refractivity contribution in [3.8, 4) is 6.07 Å². The number of pyridine rings is 1. The van der Waals surface area contributed by atoms with Crippen LogP contribution in [0, 0.1) is 17.2 Å². The summed E-state index contributed by atoms with van der Waals surface area (Å²) in [6.45, 7) is 3.96. The highest BCUT2D eigenvalue weighted by Gasteiger charge is 2.07. The van der Waals surface area contributed by atoms with Crippen LogP contribution in [0.15, 0.2) is 24.5 Å². The maximum Gasteiger partial charge on any atom is 0.137 e. The third kappa shape index (κ3) is 3.35. The Labute approximate surface area is 118 Å². The van der Waals surface area contributed by atoms with Crippen molar-refractivity contribution < 1.29 is 5.11 Å². The lowest BCUT2D eigenvalue weighted by molar-refractivity contribution is 0.251. The van der Waals surface area contributed by atoms with Crippen LogP contribution in [0.5, 0.6) is 0 Å². The van der Waals surface area contributed by atoms with Crippen molar-refractivity contribution in [2.45, 2.75) is 26.3 Å². The van der Waals surface area contributed by atoms with E-state index >= 15 is 0 Å². The van der Waals surface area contributed by atoms with Gasteiger partial charge in [0.1, 0.15) is 11.7 Å². The molecule has 0 bridgehead atoms. The monoisotopic (exact) mass is 272 g/mol. The van der Waals surface area contributed by atoms with Crippen LogP contribution in [0.4, 0.5) is 0 Å². The van der Waals surface area contributed by atoms with Crippen LogP contribution in [-0.2, 0) is 6.54 Å². The summed E-state index contributed by atoms with van der Waals surface area (Å²) in [7, 11) is 0. The zero-order valence-corrected chi connectivity index (χ0v) is 11.7. The van der Waals surface area contributed by atoms with Crippen LogP contribution in [0.2, 0.25) is 0 Å². The average Bonchev–Trinajstić information content (AvgIpc) is 2.88. The van der Waals surface area contributed by atoms with Gasteiger partial charge in [-0.3, -0.25) is 0 Å². The fourth-order valence-corrected chi connectivity index (χ4v) is 2.27. The molecular formula is C15H20N4O. The van der Waals surface area contributed by atoms with Crippen molar-refractivity contribution in [3.63, 3.8) is 0 Å². The molecule has 2 heterocycles. The first-order valence-corrected chi connectivity index (χ1v) is 6.96. The van der Waals surface area contributed by atoms with Crippen molar-refractivity contribution in [3.05, 3.63) is 35.8 Å². The molecule has 0 saturated carbocycles. The average molecular weight is 272 g/mol. The molecule has 5 heteroatoms. The molecule has 0 aromatic carbocycles. The Morgan fingerprint density at radius 2 is 2.35 bits per heavy atom. The van der Waals surface area contributed by atoms with Gasteiger partial charge in [0.05, 0.1) is 17.5 Å². The Bertz CT molecular complexity index is 599. The number of nitrogens with zero attached hydrogens (tertiary/aromatic N) is 3. The maximum absolute atomic E-state index is 8.98. The van der Waals surface area contributed by atoms with Gasteiger partial charge in [0.2, 0.25) is 0 Å². The van der Waals surface area contributed by atoms with Crippen molar-refractivity contribution in [2.75, 3.05) is 13.2 Å². The largest absolute Gasteiger partial charge is 0.396 e. The number of aromatic nitrogens is 2. The molecule has 0 spiro atoms.